The highest BCUT2D eigenvalue weighted by Gasteiger charge is 2.22. The van der Waals surface area contributed by atoms with Gasteiger partial charge in [0.1, 0.15) is 5.76 Å². The van der Waals surface area contributed by atoms with Crippen molar-refractivity contribution < 1.29 is 9.90 Å². The first kappa shape index (κ1) is 14.2. The lowest BCUT2D eigenvalue weighted by Crippen LogP contribution is -2.17. The molecule has 0 fully saturated rings. The molecular formula is C13H24O2. The Morgan fingerprint density at radius 1 is 1.27 bits per heavy atom. The van der Waals surface area contributed by atoms with E-state index in [1.54, 1.807) is 0 Å². The Kier molecular flexibility index (Phi) is 5.63. The van der Waals surface area contributed by atoms with E-state index in [4.69, 9.17) is 0 Å². The third-order valence-electron chi connectivity index (χ3n) is 3.24. The van der Waals surface area contributed by atoms with Crippen LogP contribution in [0.3, 0.4) is 0 Å². The molecule has 0 amide bonds. The van der Waals surface area contributed by atoms with Gasteiger partial charge in [-0.3, -0.25) is 4.79 Å². The van der Waals surface area contributed by atoms with Crippen LogP contribution in [-0.2, 0) is 4.79 Å². The van der Waals surface area contributed by atoms with Gasteiger partial charge in [-0.05, 0) is 19.3 Å². The van der Waals surface area contributed by atoms with Gasteiger partial charge in [0.25, 0.3) is 0 Å². The second kappa shape index (κ2) is 5.94. The van der Waals surface area contributed by atoms with Gasteiger partial charge in [-0.15, -0.1) is 0 Å². The van der Waals surface area contributed by atoms with Crippen LogP contribution in [0.25, 0.3) is 0 Å². The molecule has 0 aliphatic carbocycles. The minimum absolute atomic E-state index is 0.0547. The molecule has 0 bridgehead atoms. The number of aliphatic hydroxyl groups excluding tert-OH is 1. The highest BCUT2D eigenvalue weighted by Crippen LogP contribution is 2.28. The quantitative estimate of drug-likeness (QED) is 0.536. The summed E-state index contributed by atoms with van der Waals surface area (Å²) >= 11 is 0. The number of aliphatic hydroxyl groups is 1. The van der Waals surface area contributed by atoms with Gasteiger partial charge < -0.3 is 5.11 Å². The average Bonchev–Trinajstić information content (AvgIpc) is 2.19. The van der Waals surface area contributed by atoms with Crippen LogP contribution in [0.1, 0.15) is 53.9 Å². The van der Waals surface area contributed by atoms with Crippen molar-refractivity contribution in [1.82, 2.24) is 0 Å². The zero-order valence-corrected chi connectivity index (χ0v) is 10.6. The molecule has 0 spiro atoms. The second-order valence-electron chi connectivity index (χ2n) is 4.68. The molecular weight excluding hydrogens is 188 g/mol. The molecule has 0 aromatic carbocycles. The topological polar surface area (TPSA) is 37.3 Å². The summed E-state index contributed by atoms with van der Waals surface area (Å²) in [4.78, 5) is 11.7. The summed E-state index contributed by atoms with van der Waals surface area (Å²) in [6.07, 6.45) is 3.92. The van der Waals surface area contributed by atoms with Crippen LogP contribution in [0.4, 0.5) is 0 Å². The molecule has 0 aliphatic rings. The fraction of sp³-hybridized carbons (Fsp3) is 0.769. The molecule has 15 heavy (non-hydrogen) atoms. The molecule has 0 saturated carbocycles. The molecule has 1 N–H and O–H groups in total. The van der Waals surface area contributed by atoms with E-state index >= 15 is 0 Å². The van der Waals surface area contributed by atoms with Gasteiger partial charge in [-0.25, -0.2) is 0 Å². The molecule has 0 atom stereocenters. The molecule has 0 heterocycles. The van der Waals surface area contributed by atoms with Crippen molar-refractivity contribution in [3.8, 4) is 0 Å². The smallest absolute Gasteiger partial charge is 0.162 e. The van der Waals surface area contributed by atoms with Crippen molar-refractivity contribution in [2.24, 2.45) is 11.3 Å². The highest BCUT2D eigenvalue weighted by molar-refractivity contribution is 5.92. The molecule has 0 saturated heterocycles. The van der Waals surface area contributed by atoms with Crippen LogP contribution in [-0.4, -0.2) is 10.9 Å². The normalized spacial score (nSPS) is 13.3. The van der Waals surface area contributed by atoms with Crippen LogP contribution < -0.4 is 0 Å². The molecule has 0 aromatic rings. The lowest BCUT2D eigenvalue weighted by Gasteiger charge is -2.22. The minimum Gasteiger partial charge on any atom is -0.512 e. The Morgan fingerprint density at radius 2 is 1.73 bits per heavy atom. The number of carbonyl (C=O) groups is 1. The summed E-state index contributed by atoms with van der Waals surface area (Å²) in [5.74, 6) is 0.320. The molecule has 2 heteroatoms. The number of hydrogen-bond donors (Lipinski definition) is 1. The SMILES string of the molecule is CCC(CC)C(=O)/C=C(\O)C(C)(C)CC. The van der Waals surface area contributed by atoms with E-state index in [0.717, 1.165) is 19.3 Å². The maximum Gasteiger partial charge on any atom is 0.162 e. The van der Waals surface area contributed by atoms with Gasteiger partial charge in [-0.1, -0.05) is 34.6 Å². The second-order valence-corrected chi connectivity index (χ2v) is 4.68. The maximum absolute atomic E-state index is 11.7. The number of allylic oxidation sites excluding steroid dienone is 2. The van der Waals surface area contributed by atoms with E-state index in [2.05, 4.69) is 0 Å². The Labute approximate surface area is 93.4 Å². The highest BCUT2D eigenvalue weighted by atomic mass is 16.3. The van der Waals surface area contributed by atoms with E-state index in [1.165, 1.54) is 6.08 Å². The van der Waals surface area contributed by atoms with Gasteiger partial charge in [0.2, 0.25) is 0 Å². The minimum atomic E-state index is -0.290. The van der Waals surface area contributed by atoms with E-state index in [1.807, 2.05) is 34.6 Å². The summed E-state index contributed by atoms with van der Waals surface area (Å²) in [6.45, 7) is 9.90. The third kappa shape index (κ3) is 4.06. The lowest BCUT2D eigenvalue weighted by molar-refractivity contribution is -0.118. The molecule has 0 aliphatic heterocycles. The summed E-state index contributed by atoms with van der Waals surface area (Å²) in [7, 11) is 0. The van der Waals surface area contributed by atoms with Crippen molar-refractivity contribution >= 4 is 5.78 Å². The Balaban J connectivity index is 4.68. The first-order valence-electron chi connectivity index (χ1n) is 5.84. The Hall–Kier alpha value is -0.790. The Bertz CT molecular complexity index is 235. The van der Waals surface area contributed by atoms with Gasteiger partial charge in [0, 0.05) is 17.4 Å². The van der Waals surface area contributed by atoms with Crippen LogP contribution in [0.15, 0.2) is 11.8 Å². The predicted molar refractivity (Wildman–Crippen MR) is 63.9 cm³/mol. The molecule has 0 rings (SSSR count). The van der Waals surface area contributed by atoms with Crippen LogP contribution in [0.5, 0.6) is 0 Å². The summed E-state index contributed by atoms with van der Waals surface area (Å²) in [5, 5.41) is 9.83. The number of rotatable bonds is 6. The molecule has 0 aromatic heterocycles. The predicted octanol–water partition coefficient (Wildman–Crippen LogP) is 3.87. The lowest BCUT2D eigenvalue weighted by atomic mass is 9.86. The number of ketones is 1. The largest absolute Gasteiger partial charge is 0.512 e. The summed E-state index contributed by atoms with van der Waals surface area (Å²) in [6, 6.07) is 0. The Morgan fingerprint density at radius 3 is 2.07 bits per heavy atom. The summed E-state index contributed by atoms with van der Waals surface area (Å²) in [5.41, 5.74) is -0.290. The van der Waals surface area contributed by atoms with E-state index in [9.17, 15) is 9.90 Å². The van der Waals surface area contributed by atoms with Crippen LogP contribution in [0, 0.1) is 11.3 Å². The van der Waals surface area contributed by atoms with E-state index in [-0.39, 0.29) is 22.9 Å². The van der Waals surface area contributed by atoms with E-state index < -0.39 is 0 Å². The summed E-state index contributed by atoms with van der Waals surface area (Å²) < 4.78 is 0. The molecule has 88 valence electrons. The van der Waals surface area contributed by atoms with Crippen molar-refractivity contribution in [3.05, 3.63) is 11.8 Å². The fourth-order valence-electron chi connectivity index (χ4n) is 1.32. The van der Waals surface area contributed by atoms with Crippen molar-refractivity contribution in [3.63, 3.8) is 0 Å². The van der Waals surface area contributed by atoms with Gasteiger partial charge in [0.15, 0.2) is 5.78 Å². The maximum atomic E-state index is 11.7. The van der Waals surface area contributed by atoms with Gasteiger partial charge in [0.05, 0.1) is 0 Å². The van der Waals surface area contributed by atoms with Crippen LogP contribution in [0.2, 0.25) is 0 Å². The van der Waals surface area contributed by atoms with Crippen molar-refractivity contribution in [1.29, 1.82) is 0 Å². The monoisotopic (exact) mass is 212 g/mol. The van der Waals surface area contributed by atoms with Gasteiger partial charge in [-0.2, -0.15) is 0 Å². The molecule has 0 radical (unpaired) electrons. The fourth-order valence-corrected chi connectivity index (χ4v) is 1.32. The zero-order chi connectivity index (χ0) is 12.1. The zero-order valence-electron chi connectivity index (χ0n) is 10.6. The van der Waals surface area contributed by atoms with E-state index in [0.29, 0.717) is 0 Å². The molecule has 2 nitrogen and oxygen atoms in total. The van der Waals surface area contributed by atoms with Crippen LogP contribution >= 0.6 is 0 Å². The van der Waals surface area contributed by atoms with Gasteiger partial charge >= 0.3 is 0 Å². The number of hydrogen-bond acceptors (Lipinski definition) is 2. The average molecular weight is 212 g/mol. The number of carbonyl (C=O) groups excluding carboxylic acids is 1. The first-order valence-corrected chi connectivity index (χ1v) is 5.84. The van der Waals surface area contributed by atoms with Crippen molar-refractivity contribution in [2.45, 2.75) is 53.9 Å². The standard InChI is InChI=1S/C13H24O2/c1-6-10(7-2)11(14)9-12(15)13(4,5)8-3/h9-10,15H,6-8H2,1-5H3/b12-9-. The van der Waals surface area contributed by atoms with Crippen molar-refractivity contribution in [2.75, 3.05) is 0 Å². The first-order chi connectivity index (χ1) is 6.88. The molecule has 0 unspecified atom stereocenters. The third-order valence-corrected chi connectivity index (χ3v) is 3.24.